The van der Waals surface area contributed by atoms with Crippen LogP contribution in [-0.4, -0.2) is 57.8 Å². The molecule has 1 saturated heterocycles. The van der Waals surface area contributed by atoms with E-state index in [2.05, 4.69) is 30.6 Å². The summed E-state index contributed by atoms with van der Waals surface area (Å²) >= 11 is 1.10. The van der Waals surface area contributed by atoms with E-state index in [1.165, 1.54) is 38.5 Å². The van der Waals surface area contributed by atoms with Crippen LogP contribution in [0, 0.1) is 5.82 Å². The average molecular weight is 443 g/mol. The van der Waals surface area contributed by atoms with Gasteiger partial charge in [0.15, 0.2) is 10.8 Å². The molecule has 0 radical (unpaired) electrons. The van der Waals surface area contributed by atoms with E-state index in [1.54, 1.807) is 6.07 Å². The fraction of sp³-hybridized carbons (Fsp3) is 0.429. The number of phenols is 1. The first kappa shape index (κ1) is 20.1. The van der Waals surface area contributed by atoms with Crippen LogP contribution in [-0.2, 0) is 0 Å². The van der Waals surface area contributed by atoms with Crippen molar-refractivity contribution < 1.29 is 14.2 Å². The van der Waals surface area contributed by atoms with Gasteiger partial charge in [0.1, 0.15) is 11.6 Å². The summed E-state index contributed by atoms with van der Waals surface area (Å²) in [5, 5.41) is 31.1. The van der Waals surface area contributed by atoms with Crippen molar-refractivity contribution in [2.45, 2.75) is 37.8 Å². The van der Waals surface area contributed by atoms with Crippen molar-refractivity contribution in [2.75, 3.05) is 25.1 Å². The second-order valence-corrected chi connectivity index (χ2v) is 8.87. The Morgan fingerprint density at radius 2 is 1.97 bits per heavy atom. The van der Waals surface area contributed by atoms with Gasteiger partial charge in [-0.15, -0.1) is 15.3 Å². The van der Waals surface area contributed by atoms with Crippen LogP contribution in [0.3, 0.4) is 0 Å². The molecule has 1 aromatic carbocycles. The van der Waals surface area contributed by atoms with Crippen molar-refractivity contribution in [2.24, 2.45) is 0 Å². The minimum atomic E-state index is -0.526. The summed E-state index contributed by atoms with van der Waals surface area (Å²) in [5.41, 5.74) is 0.848. The Bertz CT molecular complexity index is 1070. The summed E-state index contributed by atoms with van der Waals surface area (Å²) in [6.07, 6.45) is 4.96. The summed E-state index contributed by atoms with van der Waals surface area (Å²) in [4.78, 5) is 2.21. The number of phenolic OH excluding ortho intramolecular Hbond substituents is 1. The van der Waals surface area contributed by atoms with Gasteiger partial charge in [-0.1, -0.05) is 22.9 Å². The number of methoxy groups -OCH3 is 1. The number of hydrogen-bond acceptors (Lipinski definition) is 9. The molecule has 0 bridgehead atoms. The van der Waals surface area contributed by atoms with Crippen molar-refractivity contribution in [3.63, 3.8) is 0 Å². The number of anilines is 1. The van der Waals surface area contributed by atoms with Gasteiger partial charge in [-0.05, 0) is 43.5 Å². The fourth-order valence-electron chi connectivity index (χ4n) is 3.98. The number of nitrogens with zero attached hydrogens (tertiary/aromatic N) is 5. The van der Waals surface area contributed by atoms with E-state index in [9.17, 15) is 9.50 Å². The Morgan fingerprint density at radius 1 is 1.10 bits per heavy atom. The van der Waals surface area contributed by atoms with Crippen molar-refractivity contribution in [1.29, 1.82) is 0 Å². The van der Waals surface area contributed by atoms with Gasteiger partial charge in [0.25, 0.3) is 5.19 Å². The number of benzene rings is 1. The second kappa shape index (κ2) is 8.35. The molecule has 5 rings (SSSR count). The second-order valence-electron chi connectivity index (χ2n) is 7.93. The van der Waals surface area contributed by atoms with Gasteiger partial charge >= 0.3 is 0 Å². The van der Waals surface area contributed by atoms with Crippen LogP contribution >= 0.6 is 11.3 Å². The van der Waals surface area contributed by atoms with E-state index in [1.807, 2.05) is 6.07 Å². The quantitative estimate of drug-likeness (QED) is 0.601. The maximum Gasteiger partial charge on any atom is 0.294 e. The lowest BCUT2D eigenvalue weighted by molar-refractivity contribution is 0.311. The molecular weight excluding hydrogens is 419 g/mol. The lowest BCUT2D eigenvalue weighted by Crippen LogP contribution is -2.43. The monoisotopic (exact) mass is 442 g/mol. The largest absolute Gasteiger partial charge is 0.507 e. The van der Waals surface area contributed by atoms with Crippen molar-refractivity contribution in [1.82, 2.24) is 25.7 Å². The average Bonchev–Trinajstić information content (AvgIpc) is 3.42. The molecule has 0 spiro atoms. The molecule has 2 aliphatic rings. The van der Waals surface area contributed by atoms with Crippen LogP contribution in [0.4, 0.5) is 10.2 Å². The summed E-state index contributed by atoms with van der Waals surface area (Å²) in [6.45, 7) is 1.84. The fourth-order valence-corrected chi connectivity index (χ4v) is 4.66. The van der Waals surface area contributed by atoms with E-state index in [-0.39, 0.29) is 16.9 Å². The predicted octanol–water partition coefficient (Wildman–Crippen LogP) is 3.24. The van der Waals surface area contributed by atoms with Gasteiger partial charge < -0.3 is 20.1 Å². The summed E-state index contributed by atoms with van der Waals surface area (Å²) in [5.74, 6) is 0.166. The van der Waals surface area contributed by atoms with Gasteiger partial charge in [0.05, 0.1) is 18.4 Å². The molecule has 8 nitrogen and oxygen atoms in total. The molecule has 1 atom stereocenters. The summed E-state index contributed by atoms with van der Waals surface area (Å²) in [7, 11) is 1.47. The minimum Gasteiger partial charge on any atom is -0.507 e. The Morgan fingerprint density at radius 3 is 2.65 bits per heavy atom. The number of aromatic nitrogens is 4. The number of nitrogens with one attached hydrogen (secondary N) is 1. The molecule has 31 heavy (non-hydrogen) atoms. The maximum absolute atomic E-state index is 14.7. The lowest BCUT2D eigenvalue weighted by Gasteiger charge is -2.29. The number of halogens is 1. The van der Waals surface area contributed by atoms with E-state index in [0.29, 0.717) is 28.0 Å². The Kier molecular flexibility index (Phi) is 5.41. The maximum atomic E-state index is 14.7. The molecule has 2 aromatic heterocycles. The van der Waals surface area contributed by atoms with Crippen LogP contribution in [0.5, 0.6) is 10.9 Å². The van der Waals surface area contributed by atoms with Gasteiger partial charge in [-0.2, -0.15) is 0 Å². The zero-order valence-electron chi connectivity index (χ0n) is 17.1. The van der Waals surface area contributed by atoms with Gasteiger partial charge in [0.2, 0.25) is 0 Å². The summed E-state index contributed by atoms with van der Waals surface area (Å²) in [6, 6.07) is 7.36. The van der Waals surface area contributed by atoms with Crippen molar-refractivity contribution in [3.8, 4) is 32.8 Å². The Hall–Kier alpha value is -2.85. The molecule has 0 amide bonds. The first-order chi connectivity index (χ1) is 15.1. The molecule has 1 aliphatic heterocycles. The molecule has 3 heterocycles. The van der Waals surface area contributed by atoms with Gasteiger partial charge in [-0.3, -0.25) is 0 Å². The Labute approximate surface area is 183 Å². The smallest absolute Gasteiger partial charge is 0.294 e. The van der Waals surface area contributed by atoms with Gasteiger partial charge in [-0.25, -0.2) is 4.39 Å². The highest BCUT2D eigenvalue weighted by Gasteiger charge is 2.28. The standard InChI is InChI=1S/C21H23FN6O2S/c1-30-21-27-26-20(31-21)14-10-18(29)15(9-16(14)22)17-5-6-19(25-24-17)28-8-7-13(11-28)23-12-3-2-4-12/h5-6,9-10,12-13,23,29H,2-4,7-8,11H2,1H3. The Balaban J connectivity index is 1.32. The minimum absolute atomic E-state index is 0.0986. The lowest BCUT2D eigenvalue weighted by atomic mass is 9.92. The SMILES string of the molecule is COc1nnc(-c2cc(O)c(-c3ccc(N4CCC(NC5CCC5)C4)nn3)cc2F)s1. The molecule has 2 N–H and O–H groups in total. The number of ether oxygens (including phenoxy) is 1. The highest BCUT2D eigenvalue weighted by Crippen LogP contribution is 2.37. The molecule has 2 fully saturated rings. The predicted molar refractivity (Wildman–Crippen MR) is 116 cm³/mol. The molecule has 1 aliphatic carbocycles. The van der Waals surface area contributed by atoms with Crippen LogP contribution in [0.2, 0.25) is 0 Å². The van der Waals surface area contributed by atoms with Crippen molar-refractivity contribution >= 4 is 17.2 Å². The molecular formula is C21H23FN6O2S. The van der Waals surface area contributed by atoms with Crippen LogP contribution in [0.25, 0.3) is 21.8 Å². The normalized spacial score (nSPS) is 18.9. The third kappa shape index (κ3) is 4.05. The molecule has 1 saturated carbocycles. The third-order valence-corrected chi connectivity index (χ3v) is 6.83. The molecule has 1 unspecified atom stereocenters. The van der Waals surface area contributed by atoms with Crippen LogP contribution in [0.15, 0.2) is 24.3 Å². The van der Waals surface area contributed by atoms with E-state index in [4.69, 9.17) is 4.74 Å². The molecule has 10 heteroatoms. The zero-order valence-corrected chi connectivity index (χ0v) is 17.9. The number of aromatic hydroxyl groups is 1. The number of rotatable bonds is 6. The van der Waals surface area contributed by atoms with E-state index < -0.39 is 5.82 Å². The van der Waals surface area contributed by atoms with Gasteiger partial charge in [0, 0.05) is 30.7 Å². The first-order valence-electron chi connectivity index (χ1n) is 10.4. The number of hydrogen-bond donors (Lipinski definition) is 2. The van der Waals surface area contributed by atoms with E-state index >= 15 is 0 Å². The topological polar surface area (TPSA) is 96.3 Å². The first-order valence-corrected chi connectivity index (χ1v) is 11.2. The van der Waals surface area contributed by atoms with Crippen LogP contribution < -0.4 is 15.0 Å². The summed E-state index contributed by atoms with van der Waals surface area (Å²) < 4.78 is 19.7. The van der Waals surface area contributed by atoms with Crippen molar-refractivity contribution in [3.05, 3.63) is 30.1 Å². The highest BCUT2D eigenvalue weighted by molar-refractivity contribution is 7.16. The van der Waals surface area contributed by atoms with Crippen LogP contribution in [0.1, 0.15) is 25.7 Å². The zero-order chi connectivity index (χ0) is 21.4. The molecule has 162 valence electrons. The molecule has 3 aromatic rings. The van der Waals surface area contributed by atoms with E-state index in [0.717, 1.165) is 36.7 Å². The highest BCUT2D eigenvalue weighted by atomic mass is 32.1. The third-order valence-electron chi connectivity index (χ3n) is 5.91.